The largest absolute Gasteiger partial charge is 0.338 e. The van der Waals surface area contributed by atoms with Gasteiger partial charge in [0.15, 0.2) is 11.5 Å². The maximum absolute atomic E-state index is 11.2. The van der Waals surface area contributed by atoms with Crippen molar-refractivity contribution < 1.29 is 8.42 Å². The Morgan fingerprint density at radius 2 is 1.90 bits per heavy atom. The van der Waals surface area contributed by atoms with Crippen LogP contribution in [0.15, 0.2) is 35.5 Å². The van der Waals surface area contributed by atoms with Crippen LogP contribution < -0.4 is 10.5 Å². The van der Waals surface area contributed by atoms with Crippen LogP contribution in [0.3, 0.4) is 0 Å². The first-order chi connectivity index (χ1) is 9.93. The lowest BCUT2D eigenvalue weighted by atomic mass is 10.3. The number of nitrogens with zero attached hydrogens (tertiary/aromatic N) is 3. The van der Waals surface area contributed by atoms with Crippen molar-refractivity contribution in [3.8, 4) is 0 Å². The normalized spacial score (nSPS) is 11.7. The van der Waals surface area contributed by atoms with Gasteiger partial charge in [-0.1, -0.05) is 0 Å². The minimum absolute atomic E-state index is 0.0540. The highest BCUT2D eigenvalue weighted by molar-refractivity contribution is 7.89. The van der Waals surface area contributed by atoms with Crippen molar-refractivity contribution in [3.63, 3.8) is 0 Å². The second-order valence-electron chi connectivity index (χ2n) is 4.44. The Hall–Kier alpha value is -2.52. The zero-order valence-electron chi connectivity index (χ0n) is 11.0. The van der Waals surface area contributed by atoms with E-state index < -0.39 is 10.0 Å². The molecule has 108 valence electrons. The van der Waals surface area contributed by atoms with E-state index >= 15 is 0 Å². The number of sulfonamides is 1. The summed E-state index contributed by atoms with van der Waals surface area (Å²) in [5.74, 6) is 1.29. The van der Waals surface area contributed by atoms with E-state index in [0.29, 0.717) is 22.7 Å². The fourth-order valence-corrected chi connectivity index (χ4v) is 2.42. The summed E-state index contributed by atoms with van der Waals surface area (Å²) in [5, 5.41) is 8.14. The van der Waals surface area contributed by atoms with Crippen molar-refractivity contribution in [2.45, 2.75) is 11.8 Å². The Kier molecular flexibility index (Phi) is 3.07. The monoisotopic (exact) mass is 304 g/mol. The van der Waals surface area contributed by atoms with Crippen molar-refractivity contribution in [1.29, 1.82) is 0 Å². The SMILES string of the molecule is Cc1nc2ncnc(Nc3ccc(S(N)(=O)=O)cc3)c2[nH]1. The number of benzene rings is 1. The molecule has 0 saturated heterocycles. The maximum atomic E-state index is 11.2. The first kappa shape index (κ1) is 13.5. The highest BCUT2D eigenvalue weighted by Crippen LogP contribution is 2.21. The van der Waals surface area contributed by atoms with Gasteiger partial charge in [0.25, 0.3) is 0 Å². The van der Waals surface area contributed by atoms with Gasteiger partial charge < -0.3 is 10.3 Å². The Morgan fingerprint density at radius 1 is 1.19 bits per heavy atom. The molecule has 0 aliphatic rings. The van der Waals surface area contributed by atoms with E-state index in [1.54, 1.807) is 12.1 Å². The molecule has 8 nitrogen and oxygen atoms in total. The first-order valence-corrected chi connectivity index (χ1v) is 7.55. The molecule has 0 unspecified atom stereocenters. The lowest BCUT2D eigenvalue weighted by molar-refractivity contribution is 0.598. The summed E-state index contributed by atoms with van der Waals surface area (Å²) in [6.45, 7) is 1.83. The summed E-state index contributed by atoms with van der Waals surface area (Å²) in [6.07, 6.45) is 1.41. The summed E-state index contributed by atoms with van der Waals surface area (Å²) in [7, 11) is -3.69. The molecule has 1 aromatic carbocycles. The standard InChI is InChI=1S/C12H12N6O2S/c1-7-16-10-11(17-7)14-6-15-12(10)18-8-2-4-9(5-3-8)21(13,19)20/h2-6H,1H3,(H2,13,19,20)(H2,14,15,16,17,18). The minimum atomic E-state index is -3.69. The van der Waals surface area contributed by atoms with Gasteiger partial charge in [0.2, 0.25) is 10.0 Å². The second-order valence-corrected chi connectivity index (χ2v) is 6.00. The summed E-state index contributed by atoms with van der Waals surface area (Å²) < 4.78 is 22.4. The van der Waals surface area contributed by atoms with Crippen LogP contribution in [0.2, 0.25) is 0 Å². The molecule has 0 saturated carbocycles. The number of hydrogen-bond acceptors (Lipinski definition) is 6. The molecule has 0 aliphatic heterocycles. The molecule has 2 heterocycles. The van der Waals surface area contributed by atoms with Gasteiger partial charge in [0, 0.05) is 5.69 Å². The number of primary sulfonamides is 1. The Balaban J connectivity index is 1.95. The van der Waals surface area contributed by atoms with Crippen LogP contribution >= 0.6 is 0 Å². The molecule has 3 rings (SSSR count). The molecule has 0 spiro atoms. The summed E-state index contributed by atoms with van der Waals surface area (Å²) in [4.78, 5) is 15.6. The van der Waals surface area contributed by atoms with Crippen LogP contribution in [0.4, 0.5) is 11.5 Å². The van der Waals surface area contributed by atoms with Gasteiger partial charge in [-0.25, -0.2) is 28.5 Å². The van der Waals surface area contributed by atoms with E-state index in [0.717, 1.165) is 5.82 Å². The average molecular weight is 304 g/mol. The van der Waals surface area contributed by atoms with Crippen LogP contribution in [-0.4, -0.2) is 28.4 Å². The van der Waals surface area contributed by atoms with Crippen molar-refractivity contribution in [3.05, 3.63) is 36.4 Å². The van der Waals surface area contributed by atoms with Gasteiger partial charge in [-0.05, 0) is 31.2 Å². The number of fused-ring (bicyclic) bond motifs is 1. The predicted molar refractivity (Wildman–Crippen MR) is 77.5 cm³/mol. The predicted octanol–water partition coefficient (Wildman–Crippen LogP) is 1.05. The lowest BCUT2D eigenvalue weighted by Gasteiger charge is -2.06. The van der Waals surface area contributed by atoms with E-state index in [1.807, 2.05) is 6.92 Å². The summed E-state index contributed by atoms with van der Waals surface area (Å²) >= 11 is 0. The smallest absolute Gasteiger partial charge is 0.238 e. The summed E-state index contributed by atoms with van der Waals surface area (Å²) in [6, 6.07) is 6.07. The molecule has 0 fully saturated rings. The Labute approximate surface area is 120 Å². The average Bonchev–Trinajstić information content (AvgIpc) is 2.80. The van der Waals surface area contributed by atoms with Crippen LogP contribution in [-0.2, 0) is 10.0 Å². The fraction of sp³-hybridized carbons (Fsp3) is 0.0833. The molecule has 0 bridgehead atoms. The third-order valence-electron chi connectivity index (χ3n) is 2.85. The van der Waals surface area contributed by atoms with E-state index in [9.17, 15) is 8.42 Å². The van der Waals surface area contributed by atoms with E-state index in [4.69, 9.17) is 5.14 Å². The molecule has 9 heteroatoms. The number of H-pyrrole nitrogens is 1. The lowest BCUT2D eigenvalue weighted by Crippen LogP contribution is -2.11. The molecular formula is C12H12N6O2S. The first-order valence-electron chi connectivity index (χ1n) is 6.01. The van der Waals surface area contributed by atoms with Crippen LogP contribution in [0.25, 0.3) is 11.2 Å². The molecular weight excluding hydrogens is 292 g/mol. The van der Waals surface area contributed by atoms with Gasteiger partial charge in [-0.2, -0.15) is 0 Å². The zero-order chi connectivity index (χ0) is 15.0. The number of aromatic amines is 1. The van der Waals surface area contributed by atoms with E-state index in [2.05, 4.69) is 25.3 Å². The highest BCUT2D eigenvalue weighted by atomic mass is 32.2. The number of anilines is 2. The number of hydrogen-bond donors (Lipinski definition) is 3. The number of rotatable bonds is 3. The number of aromatic nitrogens is 4. The van der Waals surface area contributed by atoms with E-state index in [-0.39, 0.29) is 4.90 Å². The molecule has 4 N–H and O–H groups in total. The van der Waals surface area contributed by atoms with E-state index in [1.165, 1.54) is 18.5 Å². The van der Waals surface area contributed by atoms with Crippen molar-refractivity contribution in [2.75, 3.05) is 5.32 Å². The Bertz CT molecular complexity index is 901. The number of aryl methyl sites for hydroxylation is 1. The van der Waals surface area contributed by atoms with Crippen LogP contribution in [0, 0.1) is 6.92 Å². The molecule has 0 aliphatic carbocycles. The van der Waals surface area contributed by atoms with Crippen molar-refractivity contribution in [2.24, 2.45) is 5.14 Å². The van der Waals surface area contributed by atoms with Gasteiger partial charge >= 0.3 is 0 Å². The van der Waals surface area contributed by atoms with Gasteiger partial charge in [0.1, 0.15) is 17.7 Å². The third-order valence-corrected chi connectivity index (χ3v) is 3.78. The molecule has 3 aromatic rings. The molecule has 21 heavy (non-hydrogen) atoms. The number of imidazole rings is 1. The van der Waals surface area contributed by atoms with Crippen LogP contribution in [0.5, 0.6) is 0 Å². The topological polar surface area (TPSA) is 127 Å². The molecule has 0 radical (unpaired) electrons. The summed E-state index contributed by atoms with van der Waals surface area (Å²) in [5.41, 5.74) is 1.92. The van der Waals surface area contributed by atoms with Gasteiger partial charge in [-0.3, -0.25) is 0 Å². The van der Waals surface area contributed by atoms with Crippen molar-refractivity contribution >= 4 is 32.7 Å². The highest BCUT2D eigenvalue weighted by Gasteiger charge is 2.10. The van der Waals surface area contributed by atoms with Crippen LogP contribution in [0.1, 0.15) is 5.82 Å². The quantitative estimate of drug-likeness (QED) is 0.664. The van der Waals surface area contributed by atoms with Gasteiger partial charge in [0.05, 0.1) is 4.90 Å². The molecule has 0 amide bonds. The van der Waals surface area contributed by atoms with Gasteiger partial charge in [-0.15, -0.1) is 0 Å². The second kappa shape index (κ2) is 4.79. The Morgan fingerprint density at radius 3 is 2.57 bits per heavy atom. The number of nitrogens with two attached hydrogens (primary N) is 1. The molecule has 0 atom stereocenters. The van der Waals surface area contributed by atoms with Crippen molar-refractivity contribution in [1.82, 2.24) is 19.9 Å². The fourth-order valence-electron chi connectivity index (χ4n) is 1.90. The third kappa shape index (κ3) is 2.69. The maximum Gasteiger partial charge on any atom is 0.238 e. The number of nitrogens with one attached hydrogen (secondary N) is 2. The minimum Gasteiger partial charge on any atom is -0.338 e. The zero-order valence-corrected chi connectivity index (χ0v) is 11.8. The molecule has 2 aromatic heterocycles.